The largest absolute Gasteiger partial charge is 0.310 e. The van der Waals surface area contributed by atoms with E-state index in [0.29, 0.717) is 6.04 Å². The molecule has 0 amide bonds. The van der Waals surface area contributed by atoms with Crippen molar-refractivity contribution in [3.05, 3.63) is 57.6 Å². The number of rotatable bonds is 5. The second-order valence-corrected chi connectivity index (χ2v) is 6.33. The quantitative estimate of drug-likeness (QED) is 0.707. The van der Waals surface area contributed by atoms with Gasteiger partial charge in [-0.05, 0) is 57.8 Å². The van der Waals surface area contributed by atoms with E-state index in [1.54, 1.807) is 11.3 Å². The van der Waals surface area contributed by atoms with Gasteiger partial charge in [-0.2, -0.15) is 11.3 Å². The Morgan fingerprint density at radius 2 is 2.11 bits per heavy atom. The van der Waals surface area contributed by atoms with Crippen LogP contribution < -0.4 is 5.32 Å². The summed E-state index contributed by atoms with van der Waals surface area (Å²) in [6.07, 6.45) is 1.06. The molecule has 1 nitrogen and oxygen atoms in total. The number of hydrogen-bond donors (Lipinski definition) is 1. The van der Waals surface area contributed by atoms with Gasteiger partial charge in [-0.3, -0.25) is 0 Å². The molecule has 98 valence electrons. The molecule has 0 spiro atoms. The summed E-state index contributed by atoms with van der Waals surface area (Å²) in [6, 6.07) is 11.5. The van der Waals surface area contributed by atoms with Crippen molar-refractivity contribution in [2.75, 3.05) is 6.54 Å². The molecule has 1 N–H and O–H groups in total. The molecular formula is C16H17NS2. The molecule has 0 fully saturated rings. The summed E-state index contributed by atoms with van der Waals surface area (Å²) in [7, 11) is 0. The van der Waals surface area contributed by atoms with Crippen LogP contribution in [-0.4, -0.2) is 6.54 Å². The van der Waals surface area contributed by atoms with E-state index in [0.717, 1.165) is 13.0 Å². The summed E-state index contributed by atoms with van der Waals surface area (Å²) in [5.41, 5.74) is 2.85. The molecule has 0 bridgehead atoms. The van der Waals surface area contributed by atoms with Gasteiger partial charge in [0.15, 0.2) is 0 Å². The van der Waals surface area contributed by atoms with Gasteiger partial charge in [-0.25, -0.2) is 0 Å². The summed E-state index contributed by atoms with van der Waals surface area (Å²) in [5.74, 6) is 0. The molecule has 0 saturated heterocycles. The van der Waals surface area contributed by atoms with Gasteiger partial charge in [0.1, 0.15) is 0 Å². The van der Waals surface area contributed by atoms with Crippen LogP contribution in [0.4, 0.5) is 0 Å². The Hall–Kier alpha value is -1.16. The normalized spacial score (nSPS) is 12.9. The third-order valence-electron chi connectivity index (χ3n) is 3.36. The van der Waals surface area contributed by atoms with Gasteiger partial charge in [-0.1, -0.05) is 25.1 Å². The zero-order valence-electron chi connectivity index (χ0n) is 10.9. The molecule has 2 aromatic heterocycles. The molecule has 0 radical (unpaired) electrons. The fourth-order valence-electron chi connectivity index (χ4n) is 2.47. The van der Waals surface area contributed by atoms with Gasteiger partial charge >= 0.3 is 0 Å². The Morgan fingerprint density at radius 1 is 1.16 bits per heavy atom. The maximum absolute atomic E-state index is 3.63. The van der Waals surface area contributed by atoms with E-state index in [4.69, 9.17) is 0 Å². The zero-order chi connectivity index (χ0) is 13.1. The van der Waals surface area contributed by atoms with E-state index in [2.05, 4.69) is 58.7 Å². The van der Waals surface area contributed by atoms with Gasteiger partial charge in [0.25, 0.3) is 0 Å². The highest BCUT2D eigenvalue weighted by molar-refractivity contribution is 7.17. The predicted octanol–water partition coefficient (Wildman–Crippen LogP) is 4.86. The second-order valence-electron chi connectivity index (χ2n) is 4.63. The number of hydrogen-bond acceptors (Lipinski definition) is 3. The van der Waals surface area contributed by atoms with Gasteiger partial charge < -0.3 is 5.32 Å². The van der Waals surface area contributed by atoms with Crippen molar-refractivity contribution in [3.63, 3.8) is 0 Å². The van der Waals surface area contributed by atoms with E-state index in [9.17, 15) is 0 Å². The molecule has 3 rings (SSSR count). The van der Waals surface area contributed by atoms with Gasteiger partial charge in [0, 0.05) is 10.7 Å². The van der Waals surface area contributed by atoms with Crippen molar-refractivity contribution in [1.82, 2.24) is 5.32 Å². The molecule has 2 heterocycles. The number of thiophene rings is 2. The van der Waals surface area contributed by atoms with E-state index in [1.165, 1.54) is 21.2 Å². The standard InChI is InChI=1S/C16H17NS2/c1-2-17-15(10-12-6-8-18-11-12)14-5-3-4-13-7-9-19-16(13)14/h3-9,11,15,17H,2,10H2,1H3. The Morgan fingerprint density at radius 3 is 2.89 bits per heavy atom. The number of benzene rings is 1. The van der Waals surface area contributed by atoms with E-state index < -0.39 is 0 Å². The molecular weight excluding hydrogens is 270 g/mol. The average Bonchev–Trinajstić information content (AvgIpc) is 3.08. The predicted molar refractivity (Wildman–Crippen MR) is 86.3 cm³/mol. The van der Waals surface area contributed by atoms with Crippen LogP contribution in [0, 0.1) is 0 Å². The van der Waals surface area contributed by atoms with Crippen LogP contribution in [0.2, 0.25) is 0 Å². The average molecular weight is 287 g/mol. The molecule has 1 atom stereocenters. The lowest BCUT2D eigenvalue weighted by Gasteiger charge is -2.18. The monoisotopic (exact) mass is 287 g/mol. The number of fused-ring (bicyclic) bond motifs is 1. The van der Waals surface area contributed by atoms with Crippen LogP contribution >= 0.6 is 22.7 Å². The SMILES string of the molecule is CCNC(Cc1ccsc1)c1cccc2ccsc12. The number of likely N-dealkylation sites (N-methyl/N-ethyl adjacent to an activating group) is 1. The first-order valence-corrected chi connectivity index (χ1v) is 8.41. The molecule has 0 aliphatic carbocycles. The smallest absolute Gasteiger partial charge is 0.0390 e. The topological polar surface area (TPSA) is 12.0 Å². The fourth-order valence-corrected chi connectivity index (χ4v) is 4.12. The van der Waals surface area contributed by atoms with Crippen molar-refractivity contribution in [2.24, 2.45) is 0 Å². The second kappa shape index (κ2) is 5.87. The van der Waals surface area contributed by atoms with E-state index in [-0.39, 0.29) is 0 Å². The Kier molecular flexibility index (Phi) is 3.97. The molecule has 0 saturated carbocycles. The third kappa shape index (κ3) is 2.73. The lowest BCUT2D eigenvalue weighted by Crippen LogP contribution is -2.22. The fraction of sp³-hybridized carbons (Fsp3) is 0.250. The highest BCUT2D eigenvalue weighted by Gasteiger charge is 2.14. The van der Waals surface area contributed by atoms with Crippen LogP contribution in [0.15, 0.2) is 46.5 Å². The summed E-state index contributed by atoms with van der Waals surface area (Å²) >= 11 is 3.62. The minimum atomic E-state index is 0.405. The van der Waals surface area contributed by atoms with Gasteiger partial charge in [0.05, 0.1) is 0 Å². The lowest BCUT2D eigenvalue weighted by atomic mass is 9.99. The zero-order valence-corrected chi connectivity index (χ0v) is 12.6. The Labute approximate surface area is 121 Å². The van der Waals surface area contributed by atoms with E-state index in [1.807, 2.05) is 11.3 Å². The van der Waals surface area contributed by atoms with Crippen LogP contribution in [0.1, 0.15) is 24.1 Å². The Balaban J connectivity index is 1.97. The van der Waals surface area contributed by atoms with Crippen LogP contribution in [0.5, 0.6) is 0 Å². The van der Waals surface area contributed by atoms with Crippen LogP contribution in [0.25, 0.3) is 10.1 Å². The van der Waals surface area contributed by atoms with Crippen molar-refractivity contribution < 1.29 is 0 Å². The first kappa shape index (κ1) is 12.9. The minimum Gasteiger partial charge on any atom is -0.310 e. The lowest BCUT2D eigenvalue weighted by molar-refractivity contribution is 0.554. The summed E-state index contributed by atoms with van der Waals surface area (Å²) in [6.45, 7) is 3.17. The molecule has 3 heteroatoms. The van der Waals surface area contributed by atoms with Crippen molar-refractivity contribution in [1.29, 1.82) is 0 Å². The summed E-state index contributed by atoms with van der Waals surface area (Å²) < 4.78 is 1.42. The molecule has 0 aliphatic heterocycles. The third-order valence-corrected chi connectivity index (χ3v) is 5.07. The van der Waals surface area contributed by atoms with Crippen LogP contribution in [-0.2, 0) is 6.42 Å². The first-order valence-electron chi connectivity index (χ1n) is 6.59. The molecule has 3 aromatic rings. The molecule has 1 unspecified atom stereocenters. The number of nitrogens with one attached hydrogen (secondary N) is 1. The molecule has 19 heavy (non-hydrogen) atoms. The maximum Gasteiger partial charge on any atom is 0.0390 e. The minimum absolute atomic E-state index is 0.405. The van der Waals surface area contributed by atoms with Crippen molar-refractivity contribution >= 4 is 32.8 Å². The van der Waals surface area contributed by atoms with Crippen molar-refractivity contribution in [2.45, 2.75) is 19.4 Å². The van der Waals surface area contributed by atoms with Gasteiger partial charge in [-0.15, -0.1) is 11.3 Å². The maximum atomic E-state index is 3.63. The highest BCUT2D eigenvalue weighted by atomic mass is 32.1. The molecule has 1 aromatic carbocycles. The highest BCUT2D eigenvalue weighted by Crippen LogP contribution is 2.31. The van der Waals surface area contributed by atoms with Crippen molar-refractivity contribution in [3.8, 4) is 0 Å². The molecule has 0 aliphatic rings. The summed E-state index contributed by atoms with van der Waals surface area (Å²) in [5, 5.41) is 11.6. The Bertz CT molecular complexity index is 640. The first-order chi connectivity index (χ1) is 9.38. The van der Waals surface area contributed by atoms with Crippen LogP contribution in [0.3, 0.4) is 0 Å². The van der Waals surface area contributed by atoms with Gasteiger partial charge in [0.2, 0.25) is 0 Å². The summed E-state index contributed by atoms with van der Waals surface area (Å²) in [4.78, 5) is 0. The van der Waals surface area contributed by atoms with E-state index >= 15 is 0 Å².